The molecular formula is C18H24O6S. The van der Waals surface area contributed by atoms with Gasteiger partial charge in [0.1, 0.15) is 0 Å². The zero-order chi connectivity index (χ0) is 18.8. The van der Waals surface area contributed by atoms with Crippen LogP contribution >= 0.6 is 0 Å². The van der Waals surface area contributed by atoms with Crippen LogP contribution in [-0.4, -0.2) is 44.6 Å². The van der Waals surface area contributed by atoms with Crippen LogP contribution in [0.2, 0.25) is 0 Å². The average Bonchev–Trinajstić information content (AvgIpc) is 3.28. The zero-order valence-corrected chi connectivity index (χ0v) is 15.8. The van der Waals surface area contributed by atoms with Crippen molar-refractivity contribution in [2.75, 3.05) is 19.0 Å². The number of ether oxygens (including phenoxy) is 2. The third kappa shape index (κ3) is 3.17. The molecule has 0 N–H and O–H groups in total. The number of hydrogen-bond donors (Lipinski definition) is 0. The molecule has 0 aliphatic heterocycles. The van der Waals surface area contributed by atoms with Crippen molar-refractivity contribution in [2.24, 2.45) is 5.41 Å². The van der Waals surface area contributed by atoms with Crippen molar-refractivity contribution in [2.45, 2.75) is 38.9 Å². The predicted octanol–water partition coefficient (Wildman–Crippen LogP) is 2.01. The molecule has 25 heavy (non-hydrogen) atoms. The maximum absolute atomic E-state index is 12.7. The summed E-state index contributed by atoms with van der Waals surface area (Å²) in [5, 5.41) is -1.16. The van der Waals surface area contributed by atoms with Gasteiger partial charge in [0.2, 0.25) is 0 Å². The summed E-state index contributed by atoms with van der Waals surface area (Å²) >= 11 is 0. The Kier molecular flexibility index (Phi) is 5.56. The highest BCUT2D eigenvalue weighted by Crippen LogP contribution is 2.64. The van der Waals surface area contributed by atoms with E-state index >= 15 is 0 Å². The van der Waals surface area contributed by atoms with Crippen LogP contribution < -0.4 is 0 Å². The fraction of sp³-hybridized carbons (Fsp3) is 0.556. The minimum absolute atomic E-state index is 0.0551. The van der Waals surface area contributed by atoms with E-state index in [0.29, 0.717) is 5.56 Å². The van der Waals surface area contributed by atoms with Crippen LogP contribution in [0.3, 0.4) is 0 Å². The molecular weight excluding hydrogens is 344 g/mol. The Bertz CT molecular complexity index is 732. The van der Waals surface area contributed by atoms with Gasteiger partial charge in [0.15, 0.2) is 15.3 Å². The first-order valence-corrected chi connectivity index (χ1v) is 10.1. The number of aryl methyl sites for hydroxylation is 1. The van der Waals surface area contributed by atoms with Crippen molar-refractivity contribution >= 4 is 21.8 Å². The van der Waals surface area contributed by atoms with Gasteiger partial charge in [0.25, 0.3) is 0 Å². The molecule has 0 amide bonds. The van der Waals surface area contributed by atoms with E-state index in [1.165, 1.54) is 6.92 Å². The molecule has 1 fully saturated rings. The van der Waals surface area contributed by atoms with Crippen LogP contribution in [0.1, 0.15) is 37.8 Å². The van der Waals surface area contributed by atoms with Gasteiger partial charge in [-0.3, -0.25) is 9.59 Å². The molecule has 2 rings (SSSR count). The summed E-state index contributed by atoms with van der Waals surface area (Å²) in [5.41, 5.74) is -0.207. The summed E-state index contributed by atoms with van der Waals surface area (Å²) in [5.74, 6) is -2.63. The molecule has 138 valence electrons. The summed E-state index contributed by atoms with van der Waals surface area (Å²) in [6.45, 7) is 6.74. The second-order valence-electron chi connectivity index (χ2n) is 6.07. The molecule has 1 saturated carbocycles. The first kappa shape index (κ1) is 19.4. The summed E-state index contributed by atoms with van der Waals surface area (Å²) in [6, 6.07) is 7.14. The lowest BCUT2D eigenvalue weighted by atomic mass is 9.98. The van der Waals surface area contributed by atoms with Crippen molar-refractivity contribution in [3.8, 4) is 0 Å². The molecule has 1 aliphatic carbocycles. The Labute approximate surface area is 148 Å². The van der Waals surface area contributed by atoms with Crippen molar-refractivity contribution in [1.29, 1.82) is 0 Å². The van der Waals surface area contributed by atoms with Gasteiger partial charge in [-0.15, -0.1) is 0 Å². The SMILES string of the molecule is CCOC(=O)C1(C(=O)OCC)C(c2ccc(C)cc2)C1S(=O)(=O)CC. The summed E-state index contributed by atoms with van der Waals surface area (Å²) in [4.78, 5) is 25.4. The number of benzene rings is 1. The van der Waals surface area contributed by atoms with E-state index in [4.69, 9.17) is 9.47 Å². The highest BCUT2D eigenvalue weighted by Gasteiger charge is 2.81. The topological polar surface area (TPSA) is 86.7 Å². The lowest BCUT2D eigenvalue weighted by Gasteiger charge is -2.15. The third-order valence-electron chi connectivity index (χ3n) is 4.59. The van der Waals surface area contributed by atoms with E-state index in [9.17, 15) is 18.0 Å². The number of esters is 2. The second kappa shape index (κ2) is 7.15. The van der Waals surface area contributed by atoms with Gasteiger partial charge >= 0.3 is 11.9 Å². The van der Waals surface area contributed by atoms with Gasteiger partial charge in [0, 0.05) is 11.7 Å². The van der Waals surface area contributed by atoms with Crippen LogP contribution in [0.5, 0.6) is 0 Å². The van der Waals surface area contributed by atoms with Crippen molar-refractivity contribution in [3.63, 3.8) is 0 Å². The molecule has 0 aromatic heterocycles. The number of sulfone groups is 1. The minimum atomic E-state index is -3.67. The molecule has 0 heterocycles. The van der Waals surface area contributed by atoms with Gasteiger partial charge < -0.3 is 9.47 Å². The lowest BCUT2D eigenvalue weighted by molar-refractivity contribution is -0.164. The summed E-state index contributed by atoms with van der Waals surface area (Å²) in [7, 11) is -3.67. The number of carbonyl (C=O) groups is 2. The Morgan fingerprint density at radius 3 is 1.88 bits per heavy atom. The minimum Gasteiger partial charge on any atom is -0.465 e. The molecule has 0 bridgehead atoms. The van der Waals surface area contributed by atoms with Crippen LogP contribution in [0.4, 0.5) is 0 Å². The first-order chi connectivity index (χ1) is 11.8. The molecule has 2 unspecified atom stereocenters. The van der Waals surface area contributed by atoms with Gasteiger partial charge in [-0.1, -0.05) is 36.8 Å². The molecule has 1 aromatic rings. The normalized spacial score (nSPS) is 21.4. The number of rotatable bonds is 7. The van der Waals surface area contributed by atoms with Crippen LogP contribution in [0, 0.1) is 12.3 Å². The molecule has 1 aromatic carbocycles. The highest BCUT2D eigenvalue weighted by atomic mass is 32.2. The first-order valence-electron chi connectivity index (χ1n) is 8.39. The molecule has 7 heteroatoms. The smallest absolute Gasteiger partial charge is 0.325 e. The lowest BCUT2D eigenvalue weighted by Crippen LogP contribution is -2.36. The number of carbonyl (C=O) groups excluding carboxylic acids is 2. The largest absolute Gasteiger partial charge is 0.465 e. The van der Waals surface area contributed by atoms with Crippen molar-refractivity contribution < 1.29 is 27.5 Å². The molecule has 1 aliphatic rings. The van der Waals surface area contributed by atoms with E-state index in [2.05, 4.69) is 0 Å². The Morgan fingerprint density at radius 1 is 1.00 bits per heavy atom. The quantitative estimate of drug-likeness (QED) is 0.540. The van der Waals surface area contributed by atoms with E-state index in [1.807, 2.05) is 19.1 Å². The standard InChI is InChI=1S/C18H24O6S/c1-5-23-16(19)18(17(20)24-6-2)14(15(18)25(21,22)7-3)13-10-8-12(4)9-11-13/h8-11,14-15H,5-7H2,1-4H3. The average molecular weight is 368 g/mol. The third-order valence-corrected chi connectivity index (χ3v) is 6.81. The number of hydrogen-bond acceptors (Lipinski definition) is 6. The predicted molar refractivity (Wildman–Crippen MR) is 92.9 cm³/mol. The fourth-order valence-corrected chi connectivity index (χ4v) is 5.28. The molecule has 6 nitrogen and oxygen atoms in total. The Morgan fingerprint density at radius 2 is 1.48 bits per heavy atom. The van der Waals surface area contributed by atoms with Crippen LogP contribution in [-0.2, 0) is 28.9 Å². The van der Waals surface area contributed by atoms with E-state index in [0.717, 1.165) is 5.56 Å². The highest BCUT2D eigenvalue weighted by molar-refractivity contribution is 7.92. The van der Waals surface area contributed by atoms with Gasteiger partial charge in [-0.2, -0.15) is 0 Å². The van der Waals surface area contributed by atoms with Gasteiger partial charge in [0.05, 0.1) is 18.5 Å². The summed E-state index contributed by atoms with van der Waals surface area (Å²) < 4.78 is 35.4. The molecule has 0 saturated heterocycles. The Hall–Kier alpha value is -1.89. The maximum atomic E-state index is 12.7. The zero-order valence-electron chi connectivity index (χ0n) is 14.9. The monoisotopic (exact) mass is 368 g/mol. The second-order valence-corrected chi connectivity index (χ2v) is 8.48. The van der Waals surface area contributed by atoms with Crippen molar-refractivity contribution in [1.82, 2.24) is 0 Å². The fourth-order valence-electron chi connectivity index (χ4n) is 3.31. The van der Waals surface area contributed by atoms with E-state index < -0.39 is 38.4 Å². The van der Waals surface area contributed by atoms with Crippen LogP contribution in [0.15, 0.2) is 24.3 Å². The molecule has 2 atom stereocenters. The van der Waals surface area contributed by atoms with E-state index in [1.54, 1.807) is 26.0 Å². The molecule has 0 spiro atoms. The summed E-state index contributed by atoms with van der Waals surface area (Å²) in [6.07, 6.45) is 0. The van der Waals surface area contributed by atoms with Gasteiger partial charge in [-0.25, -0.2) is 8.42 Å². The van der Waals surface area contributed by atoms with Crippen molar-refractivity contribution in [3.05, 3.63) is 35.4 Å². The molecule has 0 radical (unpaired) electrons. The van der Waals surface area contributed by atoms with E-state index in [-0.39, 0.29) is 19.0 Å². The van der Waals surface area contributed by atoms with Crippen LogP contribution in [0.25, 0.3) is 0 Å². The maximum Gasteiger partial charge on any atom is 0.325 e. The van der Waals surface area contributed by atoms with Gasteiger partial charge in [-0.05, 0) is 26.3 Å². The Balaban J connectivity index is 2.61.